The van der Waals surface area contributed by atoms with Crippen LogP contribution in [0.5, 0.6) is 0 Å². The van der Waals surface area contributed by atoms with Crippen molar-refractivity contribution in [3.8, 4) is 0 Å². The Hall–Kier alpha value is 0.217. The summed E-state index contributed by atoms with van der Waals surface area (Å²) in [5, 5.41) is 1.74. The lowest BCUT2D eigenvalue weighted by molar-refractivity contribution is 0.429. The van der Waals surface area contributed by atoms with E-state index in [-0.39, 0.29) is 0 Å². The second-order valence-corrected chi connectivity index (χ2v) is 14.5. The zero-order valence-corrected chi connectivity index (χ0v) is 12.4. The summed E-state index contributed by atoms with van der Waals surface area (Å²) < 4.78 is 0. The van der Waals surface area contributed by atoms with Gasteiger partial charge in [0.25, 0.3) is 0 Å². The van der Waals surface area contributed by atoms with Gasteiger partial charge in [-0.1, -0.05) is 67.9 Å². The molecule has 14 heavy (non-hydrogen) atoms. The van der Waals surface area contributed by atoms with Crippen LogP contribution in [0.1, 0.15) is 61.8 Å². The normalized spacial score (nSPS) is 25.7. The van der Waals surface area contributed by atoms with Crippen molar-refractivity contribution in [2.75, 3.05) is 0 Å². The summed E-state index contributed by atoms with van der Waals surface area (Å²) in [5.74, 6) is 0. The first-order chi connectivity index (χ1) is 5.96. The molecule has 0 N–H and O–H groups in total. The van der Waals surface area contributed by atoms with Crippen molar-refractivity contribution in [2.24, 2.45) is 0 Å². The third-order valence-corrected chi connectivity index (χ3v) is 13.5. The average Bonchev–Trinajstić information content (AvgIpc) is 1.78. The van der Waals surface area contributed by atoms with Gasteiger partial charge in [-0.05, 0) is 15.1 Å². The first-order valence-electron chi connectivity index (χ1n) is 5.96. The van der Waals surface area contributed by atoms with Crippen LogP contribution < -0.4 is 0 Å². The van der Waals surface area contributed by atoms with Crippen LogP contribution in [0.3, 0.4) is 0 Å². The largest absolute Gasteiger partial charge is 0.0700 e. The third kappa shape index (κ3) is 1.31. The molecule has 0 atom stereocenters. The van der Waals surface area contributed by atoms with E-state index >= 15 is 0 Å². The van der Waals surface area contributed by atoms with Crippen LogP contribution in [0.2, 0.25) is 21.2 Å². The van der Waals surface area contributed by atoms with Gasteiger partial charge in [0.05, 0.1) is 8.07 Å². The van der Waals surface area contributed by atoms with E-state index in [1.807, 2.05) is 0 Å². The molecule has 0 amide bonds. The lowest BCUT2D eigenvalue weighted by Gasteiger charge is -2.68. The molecule has 0 radical (unpaired) electrons. The summed E-state index contributed by atoms with van der Waals surface area (Å²) >= 11 is 0. The fraction of sp³-hybridized carbons (Fsp3) is 1.00. The van der Waals surface area contributed by atoms with Crippen molar-refractivity contribution in [1.82, 2.24) is 0 Å². The van der Waals surface area contributed by atoms with Crippen LogP contribution in [-0.2, 0) is 0 Å². The van der Waals surface area contributed by atoms with E-state index in [0.29, 0.717) is 15.1 Å². The number of hydrogen-bond acceptors (Lipinski definition) is 0. The summed E-state index contributed by atoms with van der Waals surface area (Å²) in [5.41, 5.74) is 0. The predicted molar refractivity (Wildman–Crippen MR) is 68.6 cm³/mol. The zero-order chi connectivity index (χ0) is 11.4. The molecule has 0 nitrogen and oxygen atoms in total. The van der Waals surface area contributed by atoms with Crippen molar-refractivity contribution in [3.05, 3.63) is 0 Å². The highest BCUT2D eigenvalue weighted by Gasteiger charge is 2.65. The molecule has 1 heterocycles. The first kappa shape index (κ1) is 12.3. The molecule has 1 fully saturated rings. The van der Waals surface area contributed by atoms with E-state index in [1.165, 1.54) is 12.5 Å². The van der Waals surface area contributed by atoms with E-state index in [0.717, 1.165) is 0 Å². The Kier molecular flexibility index (Phi) is 2.52. The van der Waals surface area contributed by atoms with E-state index in [9.17, 15) is 0 Å². The summed E-state index contributed by atoms with van der Waals surface area (Å²) in [6.07, 6.45) is 1.45. The Morgan fingerprint density at radius 1 is 0.857 bits per heavy atom. The maximum atomic E-state index is 2.51. The summed E-state index contributed by atoms with van der Waals surface area (Å²) in [4.78, 5) is 0. The van der Waals surface area contributed by atoms with E-state index in [4.69, 9.17) is 0 Å². The van der Waals surface area contributed by atoms with Gasteiger partial charge < -0.3 is 0 Å². The Morgan fingerprint density at radius 2 is 1.21 bits per heavy atom. The van der Waals surface area contributed by atoms with Crippen LogP contribution in [0.4, 0.5) is 0 Å². The van der Waals surface area contributed by atoms with Gasteiger partial charge in [-0.25, -0.2) is 0 Å². The monoisotopic (exact) mass is 212 g/mol. The maximum absolute atomic E-state index is 2.51. The van der Waals surface area contributed by atoms with Crippen molar-refractivity contribution in [1.29, 1.82) is 0 Å². The van der Waals surface area contributed by atoms with Gasteiger partial charge in [0.1, 0.15) is 0 Å². The highest BCUT2D eigenvalue weighted by molar-refractivity contribution is 6.90. The van der Waals surface area contributed by atoms with Crippen molar-refractivity contribution in [2.45, 2.75) is 83.0 Å². The minimum Gasteiger partial charge on any atom is -0.0625 e. The Bertz CT molecular complexity index is 194. The topological polar surface area (TPSA) is 0 Å². The quantitative estimate of drug-likeness (QED) is 0.483. The average molecular weight is 212 g/mol. The van der Waals surface area contributed by atoms with Gasteiger partial charge in [0.2, 0.25) is 0 Å². The van der Waals surface area contributed by atoms with Crippen LogP contribution in [-0.4, -0.2) is 8.07 Å². The molecule has 0 bridgehead atoms. The SMILES string of the molecule is CC(C)(C)[Si]1(C(C)(C)C)CCC1(C)C. The van der Waals surface area contributed by atoms with E-state index < -0.39 is 8.07 Å². The molecule has 0 aliphatic carbocycles. The number of rotatable bonds is 0. The minimum atomic E-state index is -1.17. The molecule has 1 saturated heterocycles. The molecular weight excluding hydrogens is 184 g/mol. The molecule has 84 valence electrons. The zero-order valence-electron chi connectivity index (χ0n) is 11.4. The molecule has 0 unspecified atom stereocenters. The molecule has 1 heteroatoms. The highest BCUT2D eigenvalue weighted by Crippen LogP contribution is 2.72. The lowest BCUT2D eigenvalue weighted by atomic mass is 10.1. The molecule has 1 aliphatic rings. The molecule has 0 saturated carbocycles. The molecule has 0 aromatic rings. The molecule has 0 aromatic heterocycles. The van der Waals surface area contributed by atoms with Gasteiger partial charge >= 0.3 is 0 Å². The van der Waals surface area contributed by atoms with Crippen molar-refractivity contribution < 1.29 is 0 Å². The predicted octanol–water partition coefficient (Wildman–Crippen LogP) is 5.22. The molecular formula is C13H28Si. The Labute approximate surface area is 91.5 Å². The van der Waals surface area contributed by atoms with Crippen LogP contribution in [0, 0.1) is 0 Å². The number of hydrogen-bond donors (Lipinski definition) is 0. The smallest absolute Gasteiger partial charge is 0.0625 e. The molecule has 1 aliphatic heterocycles. The van der Waals surface area contributed by atoms with Crippen molar-refractivity contribution in [3.63, 3.8) is 0 Å². The van der Waals surface area contributed by atoms with E-state index in [2.05, 4.69) is 55.4 Å². The fourth-order valence-electron chi connectivity index (χ4n) is 4.78. The fourth-order valence-corrected chi connectivity index (χ4v) is 14.3. The Balaban J connectivity index is 3.20. The van der Waals surface area contributed by atoms with E-state index in [1.54, 1.807) is 0 Å². The standard InChI is InChI=1S/C13H28Si/c1-11(2,3)14(12(4,5)6)10-9-13(14,7)8/h9-10H2,1-8H3. The Morgan fingerprint density at radius 3 is 1.21 bits per heavy atom. The second-order valence-electron chi connectivity index (χ2n) is 7.79. The highest BCUT2D eigenvalue weighted by atomic mass is 28.3. The maximum Gasteiger partial charge on any atom is 0.0700 e. The molecule has 0 spiro atoms. The minimum absolute atomic E-state index is 0.549. The van der Waals surface area contributed by atoms with Crippen LogP contribution in [0.15, 0.2) is 0 Å². The van der Waals surface area contributed by atoms with Crippen molar-refractivity contribution >= 4 is 8.07 Å². The van der Waals surface area contributed by atoms with Gasteiger partial charge in [0, 0.05) is 0 Å². The molecule has 1 rings (SSSR count). The van der Waals surface area contributed by atoms with Crippen LogP contribution in [0.25, 0.3) is 0 Å². The summed E-state index contributed by atoms with van der Waals surface area (Å²) in [6, 6.07) is 1.53. The third-order valence-electron chi connectivity index (χ3n) is 4.84. The molecule has 0 aromatic carbocycles. The van der Waals surface area contributed by atoms with Gasteiger partial charge in [-0.3, -0.25) is 0 Å². The second kappa shape index (κ2) is 2.87. The summed E-state index contributed by atoms with van der Waals surface area (Å²) in [6.45, 7) is 19.9. The first-order valence-corrected chi connectivity index (χ1v) is 8.16. The van der Waals surface area contributed by atoms with Gasteiger partial charge in [-0.15, -0.1) is 0 Å². The lowest BCUT2D eigenvalue weighted by Crippen LogP contribution is -2.65. The van der Waals surface area contributed by atoms with Gasteiger partial charge in [0.15, 0.2) is 0 Å². The summed E-state index contributed by atoms with van der Waals surface area (Å²) in [7, 11) is -1.17. The van der Waals surface area contributed by atoms with Gasteiger partial charge in [-0.2, -0.15) is 0 Å². The van der Waals surface area contributed by atoms with Crippen LogP contribution >= 0.6 is 0 Å².